The minimum Gasteiger partial charge on any atom is -0.494 e. The van der Waals surface area contributed by atoms with Gasteiger partial charge in [0.05, 0.1) is 22.9 Å². The van der Waals surface area contributed by atoms with E-state index in [1.54, 1.807) is 18.5 Å². The van der Waals surface area contributed by atoms with E-state index in [0.29, 0.717) is 41.7 Å². The number of aryl methyl sites for hydroxylation is 2. The van der Waals surface area contributed by atoms with E-state index in [1.807, 2.05) is 42.5 Å². The third kappa shape index (κ3) is 7.41. The number of nitrogens with zero attached hydrogens (tertiary/aromatic N) is 3. The number of nitrogens with two attached hydrogens (primary N) is 1. The molecule has 2 aromatic heterocycles. The number of nitrogens with one attached hydrogen (secondary N) is 1. The molecule has 37 heavy (non-hydrogen) atoms. The highest BCUT2D eigenvalue weighted by Crippen LogP contribution is 2.21. The molecule has 0 bridgehead atoms. The van der Waals surface area contributed by atoms with E-state index in [9.17, 15) is 4.79 Å². The Balaban J connectivity index is 1.39. The van der Waals surface area contributed by atoms with Crippen LogP contribution in [0.25, 0.3) is 10.8 Å². The van der Waals surface area contributed by atoms with Crippen molar-refractivity contribution >= 4 is 34.1 Å². The number of anilines is 1. The van der Waals surface area contributed by atoms with Crippen LogP contribution in [0.5, 0.6) is 5.75 Å². The smallest absolute Gasteiger partial charge is 0.253 e. The molecule has 192 valence electrons. The van der Waals surface area contributed by atoms with Gasteiger partial charge in [0.2, 0.25) is 0 Å². The zero-order valence-corrected chi connectivity index (χ0v) is 22.0. The summed E-state index contributed by atoms with van der Waals surface area (Å²) in [5.74, 6) is 1.13. The van der Waals surface area contributed by atoms with E-state index in [0.717, 1.165) is 47.0 Å². The highest BCUT2D eigenvalue weighted by Gasteiger charge is 2.14. The minimum absolute atomic E-state index is 0.211. The van der Waals surface area contributed by atoms with Gasteiger partial charge in [-0.2, -0.15) is 0 Å². The van der Waals surface area contributed by atoms with Crippen LogP contribution in [0, 0.1) is 0 Å². The fourth-order valence-electron chi connectivity index (χ4n) is 4.13. The van der Waals surface area contributed by atoms with Crippen LogP contribution in [0.1, 0.15) is 33.6 Å². The van der Waals surface area contributed by atoms with E-state index < -0.39 is 0 Å². The highest BCUT2D eigenvalue weighted by molar-refractivity contribution is 6.30. The molecule has 1 amide bonds. The molecule has 0 spiro atoms. The Morgan fingerprint density at radius 1 is 1.05 bits per heavy atom. The second-order valence-corrected chi connectivity index (χ2v) is 9.67. The van der Waals surface area contributed by atoms with Gasteiger partial charge in [0.25, 0.3) is 5.91 Å². The van der Waals surface area contributed by atoms with Gasteiger partial charge in [-0.1, -0.05) is 35.9 Å². The highest BCUT2D eigenvalue weighted by atomic mass is 35.5. The number of hydrogen-bond acceptors (Lipinski definition) is 6. The maximum atomic E-state index is 13.1. The van der Waals surface area contributed by atoms with Gasteiger partial charge in [0, 0.05) is 30.9 Å². The monoisotopic (exact) mass is 517 g/mol. The molecule has 3 N–H and O–H groups in total. The summed E-state index contributed by atoms with van der Waals surface area (Å²) in [5.41, 5.74) is 9.22. The maximum absolute atomic E-state index is 13.1. The van der Waals surface area contributed by atoms with Crippen LogP contribution in [0.3, 0.4) is 0 Å². The normalized spacial score (nSPS) is 11.1. The van der Waals surface area contributed by atoms with Crippen LogP contribution in [-0.2, 0) is 19.4 Å². The van der Waals surface area contributed by atoms with Gasteiger partial charge >= 0.3 is 0 Å². The zero-order valence-electron chi connectivity index (χ0n) is 21.2. The zero-order chi connectivity index (χ0) is 26.2. The van der Waals surface area contributed by atoms with Gasteiger partial charge in [-0.3, -0.25) is 9.78 Å². The van der Waals surface area contributed by atoms with Gasteiger partial charge < -0.3 is 20.7 Å². The molecule has 0 fully saturated rings. The number of carbonyl (C=O) groups excluding carboxylic acids is 1. The van der Waals surface area contributed by atoms with E-state index >= 15 is 0 Å². The van der Waals surface area contributed by atoms with E-state index in [-0.39, 0.29) is 5.91 Å². The van der Waals surface area contributed by atoms with E-state index in [2.05, 4.69) is 40.3 Å². The molecule has 0 saturated carbocycles. The Morgan fingerprint density at radius 3 is 2.76 bits per heavy atom. The summed E-state index contributed by atoms with van der Waals surface area (Å²) >= 11 is 6.20. The first-order valence-electron chi connectivity index (χ1n) is 12.3. The third-order valence-electron chi connectivity index (χ3n) is 6.06. The Labute approximate surface area is 222 Å². The van der Waals surface area contributed by atoms with E-state index in [1.165, 1.54) is 0 Å². The summed E-state index contributed by atoms with van der Waals surface area (Å²) in [6.07, 6.45) is 5.56. The number of amides is 1. The predicted molar refractivity (Wildman–Crippen MR) is 149 cm³/mol. The standard InChI is InChI=1S/C29H32ClN5O2/c1-35(2)13-4-14-37-24-6-3-5-20(16-24)8-10-27-26(17-23(30)19-33-27)29(36)34-18-21-7-9-25-22(15-21)11-12-32-28(25)31/h3,5-7,9,11-12,15-17,19H,4,8,10,13-14,18H2,1-2H3,(H2,31,32)(H,34,36). The van der Waals surface area contributed by atoms with Crippen molar-refractivity contribution < 1.29 is 9.53 Å². The first kappa shape index (κ1) is 26.4. The van der Waals surface area contributed by atoms with Gasteiger partial charge in [-0.25, -0.2) is 4.98 Å². The van der Waals surface area contributed by atoms with Crippen molar-refractivity contribution in [3.05, 3.63) is 94.4 Å². The molecular weight excluding hydrogens is 486 g/mol. The number of pyridine rings is 2. The lowest BCUT2D eigenvalue weighted by Gasteiger charge is -2.12. The van der Waals surface area contributed by atoms with Crippen molar-refractivity contribution in [2.24, 2.45) is 0 Å². The lowest BCUT2D eigenvalue weighted by atomic mass is 10.0. The molecule has 0 unspecified atom stereocenters. The molecule has 0 aliphatic rings. The number of fused-ring (bicyclic) bond motifs is 1. The molecule has 8 heteroatoms. The molecule has 0 aliphatic carbocycles. The van der Waals surface area contributed by atoms with Crippen molar-refractivity contribution in [2.75, 3.05) is 33.0 Å². The second kappa shape index (κ2) is 12.5. The quantitative estimate of drug-likeness (QED) is 0.274. The van der Waals surface area contributed by atoms with Crippen molar-refractivity contribution in [1.82, 2.24) is 20.2 Å². The number of rotatable bonds is 11. The van der Waals surface area contributed by atoms with Crippen molar-refractivity contribution in [3.8, 4) is 5.75 Å². The van der Waals surface area contributed by atoms with Crippen molar-refractivity contribution in [2.45, 2.75) is 25.8 Å². The van der Waals surface area contributed by atoms with Crippen LogP contribution in [0.15, 0.2) is 67.0 Å². The fourth-order valence-corrected chi connectivity index (χ4v) is 4.28. The number of nitrogen functional groups attached to an aromatic ring is 1. The van der Waals surface area contributed by atoms with Gasteiger partial charge in [0.15, 0.2) is 0 Å². The fraction of sp³-hybridized carbons (Fsp3) is 0.276. The van der Waals surface area contributed by atoms with E-state index in [4.69, 9.17) is 22.1 Å². The molecule has 0 saturated heterocycles. The lowest BCUT2D eigenvalue weighted by Crippen LogP contribution is -2.24. The summed E-state index contributed by atoms with van der Waals surface area (Å²) in [7, 11) is 4.11. The molecular formula is C29H32ClN5O2. The first-order chi connectivity index (χ1) is 17.9. The molecule has 2 heterocycles. The summed E-state index contributed by atoms with van der Waals surface area (Å²) in [6, 6.07) is 17.5. The first-order valence-corrected chi connectivity index (χ1v) is 12.7. The Bertz CT molecular complexity index is 1380. The number of ether oxygens (including phenoxy) is 1. The number of hydrogen-bond donors (Lipinski definition) is 2. The average Bonchev–Trinajstić information content (AvgIpc) is 2.89. The second-order valence-electron chi connectivity index (χ2n) is 9.23. The summed E-state index contributed by atoms with van der Waals surface area (Å²) in [6.45, 7) is 2.03. The summed E-state index contributed by atoms with van der Waals surface area (Å²) in [5, 5.41) is 5.30. The Hall–Kier alpha value is -3.68. The number of carbonyl (C=O) groups is 1. The summed E-state index contributed by atoms with van der Waals surface area (Å²) in [4.78, 5) is 23.8. The molecule has 4 rings (SSSR count). The average molecular weight is 518 g/mol. The lowest BCUT2D eigenvalue weighted by molar-refractivity contribution is 0.0949. The Kier molecular flexibility index (Phi) is 8.93. The molecule has 0 radical (unpaired) electrons. The van der Waals surface area contributed by atoms with Crippen LogP contribution in [0.4, 0.5) is 5.82 Å². The van der Waals surface area contributed by atoms with Crippen LogP contribution in [-0.4, -0.2) is 48.0 Å². The van der Waals surface area contributed by atoms with Gasteiger partial charge in [-0.05, 0) is 80.2 Å². The molecule has 2 aromatic carbocycles. The van der Waals surface area contributed by atoms with Gasteiger partial charge in [-0.15, -0.1) is 0 Å². The molecule has 0 atom stereocenters. The van der Waals surface area contributed by atoms with Crippen LogP contribution < -0.4 is 15.8 Å². The topological polar surface area (TPSA) is 93.4 Å². The predicted octanol–water partition coefficient (Wildman–Crippen LogP) is 4.91. The SMILES string of the molecule is CN(C)CCCOc1cccc(CCc2ncc(Cl)cc2C(=O)NCc2ccc3c(N)nccc3c2)c1. The largest absolute Gasteiger partial charge is 0.494 e. The van der Waals surface area contributed by atoms with Crippen LogP contribution >= 0.6 is 11.6 Å². The van der Waals surface area contributed by atoms with Crippen LogP contribution in [0.2, 0.25) is 5.02 Å². The number of benzene rings is 2. The maximum Gasteiger partial charge on any atom is 0.253 e. The van der Waals surface area contributed by atoms with Gasteiger partial charge in [0.1, 0.15) is 11.6 Å². The molecule has 4 aromatic rings. The Morgan fingerprint density at radius 2 is 1.92 bits per heavy atom. The molecule has 7 nitrogen and oxygen atoms in total. The minimum atomic E-state index is -0.211. The summed E-state index contributed by atoms with van der Waals surface area (Å²) < 4.78 is 5.90. The number of aromatic nitrogens is 2. The van der Waals surface area contributed by atoms with Crippen molar-refractivity contribution in [1.29, 1.82) is 0 Å². The van der Waals surface area contributed by atoms with Crippen molar-refractivity contribution in [3.63, 3.8) is 0 Å². The third-order valence-corrected chi connectivity index (χ3v) is 6.27. The number of halogens is 1. The molecule has 0 aliphatic heterocycles.